The molecule has 9 heteroatoms. The van der Waals surface area contributed by atoms with Gasteiger partial charge in [0.15, 0.2) is 5.76 Å². The maximum absolute atomic E-state index is 12.3. The minimum Gasteiger partial charge on any atom is -0.451 e. The summed E-state index contributed by atoms with van der Waals surface area (Å²) < 4.78 is 43.1. The number of nitrogens with zero attached hydrogens (tertiary/aromatic N) is 2. The SMILES string of the molecule is Cc1c(C(=O)Nc2cnn(CC(F)(F)F)c2)oc2ccc(Cl)cc12. The lowest BCUT2D eigenvalue weighted by molar-refractivity contribution is -0.142. The Morgan fingerprint density at radius 2 is 2.17 bits per heavy atom. The molecule has 1 N–H and O–H groups in total. The second kappa shape index (κ2) is 5.86. The standard InChI is InChI=1S/C15H11ClF3N3O2/c1-8-11-4-9(16)2-3-12(11)24-13(8)14(23)21-10-5-20-22(6-10)7-15(17,18)19/h2-6H,7H2,1H3,(H,21,23). The number of aromatic nitrogens is 2. The Bertz CT molecular complexity index is 914. The van der Waals surface area contributed by atoms with Gasteiger partial charge in [0.1, 0.15) is 12.1 Å². The summed E-state index contributed by atoms with van der Waals surface area (Å²) in [4.78, 5) is 12.3. The van der Waals surface area contributed by atoms with Crippen LogP contribution in [0.25, 0.3) is 11.0 Å². The van der Waals surface area contributed by atoms with Crippen LogP contribution in [0, 0.1) is 6.92 Å². The molecule has 0 bridgehead atoms. The molecule has 0 atom stereocenters. The van der Waals surface area contributed by atoms with Crippen molar-refractivity contribution in [3.05, 3.63) is 46.9 Å². The monoisotopic (exact) mass is 357 g/mol. The average Bonchev–Trinajstić information content (AvgIpc) is 3.02. The highest BCUT2D eigenvalue weighted by Crippen LogP contribution is 2.28. The van der Waals surface area contributed by atoms with E-state index in [0.717, 1.165) is 12.4 Å². The van der Waals surface area contributed by atoms with Crippen molar-refractivity contribution in [2.75, 3.05) is 5.32 Å². The molecule has 2 heterocycles. The summed E-state index contributed by atoms with van der Waals surface area (Å²) in [6.07, 6.45) is -2.15. The quantitative estimate of drug-likeness (QED) is 0.755. The van der Waals surface area contributed by atoms with Crippen molar-refractivity contribution >= 4 is 34.2 Å². The molecule has 0 saturated heterocycles. The van der Waals surface area contributed by atoms with Crippen molar-refractivity contribution in [3.63, 3.8) is 0 Å². The minimum atomic E-state index is -4.39. The van der Waals surface area contributed by atoms with Gasteiger partial charge in [-0.3, -0.25) is 9.48 Å². The number of amides is 1. The van der Waals surface area contributed by atoms with Crippen molar-refractivity contribution in [1.29, 1.82) is 0 Å². The first-order chi connectivity index (χ1) is 11.2. The van der Waals surface area contributed by atoms with Crippen LogP contribution in [0.2, 0.25) is 5.02 Å². The second-order valence-electron chi connectivity index (χ2n) is 5.19. The molecule has 5 nitrogen and oxygen atoms in total. The molecular formula is C15H11ClF3N3O2. The number of alkyl halides is 3. The predicted octanol–water partition coefficient (Wildman–Crippen LogP) is 4.41. The summed E-state index contributed by atoms with van der Waals surface area (Å²) in [6.45, 7) is 0.467. The summed E-state index contributed by atoms with van der Waals surface area (Å²) >= 11 is 5.92. The molecule has 0 fully saturated rings. The van der Waals surface area contributed by atoms with Crippen LogP contribution in [0.15, 0.2) is 35.0 Å². The van der Waals surface area contributed by atoms with Crippen molar-refractivity contribution in [2.45, 2.75) is 19.6 Å². The number of benzene rings is 1. The third-order valence-corrected chi connectivity index (χ3v) is 3.57. The first-order valence-corrected chi connectivity index (χ1v) is 7.20. The van der Waals surface area contributed by atoms with E-state index < -0.39 is 18.6 Å². The topological polar surface area (TPSA) is 60.1 Å². The average molecular weight is 358 g/mol. The number of aryl methyl sites for hydroxylation is 1. The highest BCUT2D eigenvalue weighted by atomic mass is 35.5. The maximum atomic E-state index is 12.3. The van der Waals surface area contributed by atoms with Gasteiger partial charge in [0, 0.05) is 22.2 Å². The van der Waals surface area contributed by atoms with Crippen molar-refractivity contribution < 1.29 is 22.4 Å². The largest absolute Gasteiger partial charge is 0.451 e. The summed E-state index contributed by atoms with van der Waals surface area (Å²) in [7, 11) is 0. The van der Waals surface area contributed by atoms with Gasteiger partial charge in [-0.2, -0.15) is 18.3 Å². The number of fused-ring (bicyclic) bond motifs is 1. The highest BCUT2D eigenvalue weighted by molar-refractivity contribution is 6.31. The lowest BCUT2D eigenvalue weighted by atomic mass is 10.1. The normalized spacial score (nSPS) is 11.9. The zero-order valence-electron chi connectivity index (χ0n) is 12.3. The smallest absolute Gasteiger partial charge is 0.408 e. The summed E-state index contributed by atoms with van der Waals surface area (Å²) in [5, 5.41) is 7.22. The Labute approximate surface area is 139 Å². The van der Waals surface area contributed by atoms with Crippen LogP contribution in [0.1, 0.15) is 16.1 Å². The van der Waals surface area contributed by atoms with Crippen LogP contribution in [0.4, 0.5) is 18.9 Å². The summed E-state index contributed by atoms with van der Waals surface area (Å²) in [5.41, 5.74) is 1.23. The third-order valence-electron chi connectivity index (χ3n) is 3.34. The molecule has 0 radical (unpaired) electrons. The highest BCUT2D eigenvalue weighted by Gasteiger charge is 2.28. The van der Waals surface area contributed by atoms with Gasteiger partial charge < -0.3 is 9.73 Å². The molecule has 3 rings (SSSR count). The van der Waals surface area contributed by atoms with E-state index in [9.17, 15) is 18.0 Å². The van der Waals surface area contributed by atoms with E-state index in [0.29, 0.717) is 26.2 Å². The maximum Gasteiger partial charge on any atom is 0.408 e. The molecule has 126 valence electrons. The van der Waals surface area contributed by atoms with Crippen LogP contribution in [-0.4, -0.2) is 21.9 Å². The number of hydrogen-bond acceptors (Lipinski definition) is 3. The van der Waals surface area contributed by atoms with Crippen molar-refractivity contribution in [3.8, 4) is 0 Å². The van der Waals surface area contributed by atoms with E-state index >= 15 is 0 Å². The minimum absolute atomic E-state index is 0.0656. The third kappa shape index (κ3) is 3.38. The number of hydrogen-bond donors (Lipinski definition) is 1. The lowest BCUT2D eigenvalue weighted by Crippen LogP contribution is -2.18. The Balaban J connectivity index is 1.82. The molecule has 0 unspecified atom stereocenters. The molecule has 3 aromatic rings. The fourth-order valence-corrected chi connectivity index (χ4v) is 2.47. The van der Waals surface area contributed by atoms with Gasteiger partial charge in [-0.1, -0.05) is 11.6 Å². The number of carbonyl (C=O) groups is 1. The fourth-order valence-electron chi connectivity index (χ4n) is 2.30. The molecule has 0 aliphatic carbocycles. The van der Waals surface area contributed by atoms with E-state index in [-0.39, 0.29) is 11.4 Å². The Morgan fingerprint density at radius 1 is 1.42 bits per heavy atom. The van der Waals surface area contributed by atoms with E-state index in [1.807, 2.05) is 0 Å². The number of nitrogens with one attached hydrogen (secondary N) is 1. The molecular weight excluding hydrogens is 347 g/mol. The van der Waals surface area contributed by atoms with Crippen LogP contribution in [-0.2, 0) is 6.54 Å². The number of carbonyl (C=O) groups excluding carboxylic acids is 1. The Morgan fingerprint density at radius 3 is 2.88 bits per heavy atom. The van der Waals surface area contributed by atoms with Gasteiger partial charge >= 0.3 is 6.18 Å². The number of anilines is 1. The van der Waals surface area contributed by atoms with Crippen LogP contribution in [0.5, 0.6) is 0 Å². The molecule has 0 aliphatic heterocycles. The molecule has 0 spiro atoms. The zero-order valence-corrected chi connectivity index (χ0v) is 13.1. The lowest BCUT2D eigenvalue weighted by Gasteiger charge is -2.05. The Kier molecular flexibility index (Phi) is 4.00. The second-order valence-corrected chi connectivity index (χ2v) is 5.63. The zero-order chi connectivity index (χ0) is 17.5. The van der Waals surface area contributed by atoms with Gasteiger partial charge in [0.2, 0.25) is 0 Å². The fraction of sp³-hybridized carbons (Fsp3) is 0.200. The van der Waals surface area contributed by atoms with E-state index in [1.165, 1.54) is 0 Å². The summed E-state index contributed by atoms with van der Waals surface area (Å²) in [5.74, 6) is -0.512. The first-order valence-electron chi connectivity index (χ1n) is 6.82. The molecule has 2 aromatic heterocycles. The van der Waals surface area contributed by atoms with Crippen LogP contribution >= 0.6 is 11.6 Å². The molecule has 0 saturated carbocycles. The molecule has 0 aliphatic rings. The van der Waals surface area contributed by atoms with Crippen molar-refractivity contribution in [2.24, 2.45) is 0 Å². The molecule has 24 heavy (non-hydrogen) atoms. The van der Waals surface area contributed by atoms with Gasteiger partial charge in [-0.25, -0.2) is 0 Å². The number of rotatable bonds is 3. The Hall–Kier alpha value is -2.48. The van der Waals surface area contributed by atoms with Gasteiger partial charge in [-0.15, -0.1) is 0 Å². The van der Waals surface area contributed by atoms with Crippen LogP contribution < -0.4 is 5.32 Å². The molecule has 1 amide bonds. The first kappa shape index (κ1) is 16.4. The van der Waals surface area contributed by atoms with E-state index in [4.69, 9.17) is 16.0 Å². The predicted molar refractivity (Wildman–Crippen MR) is 82.2 cm³/mol. The van der Waals surface area contributed by atoms with Gasteiger partial charge in [-0.05, 0) is 25.1 Å². The van der Waals surface area contributed by atoms with E-state index in [2.05, 4.69) is 10.4 Å². The van der Waals surface area contributed by atoms with Gasteiger partial charge in [0.05, 0.1) is 11.9 Å². The van der Waals surface area contributed by atoms with Gasteiger partial charge in [0.25, 0.3) is 5.91 Å². The van der Waals surface area contributed by atoms with Crippen LogP contribution in [0.3, 0.4) is 0 Å². The summed E-state index contributed by atoms with van der Waals surface area (Å²) in [6, 6.07) is 4.95. The number of halogens is 4. The van der Waals surface area contributed by atoms with E-state index in [1.54, 1.807) is 25.1 Å². The van der Waals surface area contributed by atoms with Crippen molar-refractivity contribution in [1.82, 2.24) is 9.78 Å². The molecule has 1 aromatic carbocycles. The number of furan rings is 1.